The summed E-state index contributed by atoms with van der Waals surface area (Å²) in [6.45, 7) is 32.4. The van der Waals surface area contributed by atoms with Crippen LogP contribution in [0.5, 0.6) is 0 Å². The number of anilines is 8. The van der Waals surface area contributed by atoms with Gasteiger partial charge in [0.1, 0.15) is 22.4 Å². The quantitative estimate of drug-likeness (QED) is 0.161. The van der Waals surface area contributed by atoms with Gasteiger partial charge in [0.05, 0.1) is 5.69 Å². The largest absolute Gasteiger partial charge is 0.466 e. The molecule has 0 amide bonds. The van der Waals surface area contributed by atoms with E-state index in [2.05, 4.69) is 269 Å². The van der Waals surface area contributed by atoms with Gasteiger partial charge in [0, 0.05) is 61.5 Å². The van der Waals surface area contributed by atoms with Crippen LogP contribution in [0.4, 0.5) is 45.5 Å². The van der Waals surface area contributed by atoms with Gasteiger partial charge in [-0.25, -0.2) is 0 Å². The van der Waals surface area contributed by atoms with Crippen molar-refractivity contribution in [3.63, 3.8) is 0 Å². The molecule has 6 heteroatoms. The van der Waals surface area contributed by atoms with E-state index in [9.17, 15) is 0 Å². The standard InChI is InChI=1S/C71H72BN3O2/c1-43-39-54-55(71(13,14)38-37-70(54,11)12)42-57(43)74-58-41-50(73(47-29-23-44(24-30-47)67(2,3)4)48-31-25-45(26-32-48)68(5,6)7)40-53-62-56(35-36-61-63(62)51-19-15-17-21-59(51)76-61)75(49-33-27-46(28-34-49)69(8,9)10)72(64(53)58)66-65(74)52-20-16-18-22-60(52)77-66/h15-36,39-42H,37-38H2,1-14H3. The predicted octanol–water partition coefficient (Wildman–Crippen LogP) is 19.1. The zero-order valence-corrected chi connectivity index (χ0v) is 47.7. The lowest BCUT2D eigenvalue weighted by molar-refractivity contribution is 0.332. The first-order chi connectivity index (χ1) is 36.5. The number of benzene rings is 8. The van der Waals surface area contributed by atoms with Crippen LogP contribution in [0, 0.1) is 6.92 Å². The Labute approximate surface area is 456 Å². The van der Waals surface area contributed by atoms with Crippen molar-refractivity contribution in [2.75, 3.05) is 14.6 Å². The molecule has 0 bridgehead atoms. The summed E-state index contributed by atoms with van der Waals surface area (Å²) >= 11 is 0. The molecular weight excluding hydrogens is 938 g/mol. The van der Waals surface area contributed by atoms with Crippen molar-refractivity contribution in [2.45, 2.75) is 137 Å². The highest BCUT2D eigenvalue weighted by molar-refractivity contribution is 6.93. The summed E-state index contributed by atoms with van der Waals surface area (Å²) in [5.74, 6) is 0. The van der Waals surface area contributed by atoms with Crippen molar-refractivity contribution < 1.29 is 8.83 Å². The van der Waals surface area contributed by atoms with Crippen LogP contribution in [0.25, 0.3) is 44.0 Å². The van der Waals surface area contributed by atoms with E-state index in [1.54, 1.807) is 0 Å². The van der Waals surface area contributed by atoms with E-state index in [4.69, 9.17) is 8.83 Å². The second-order valence-electron chi connectivity index (χ2n) is 27.0. The van der Waals surface area contributed by atoms with Crippen LogP contribution < -0.4 is 25.7 Å². The van der Waals surface area contributed by atoms with Crippen LogP contribution in [0.1, 0.15) is 136 Å². The monoisotopic (exact) mass is 1010 g/mol. The summed E-state index contributed by atoms with van der Waals surface area (Å²) in [5, 5.41) is 3.30. The normalized spacial score (nSPS) is 15.7. The van der Waals surface area contributed by atoms with Crippen molar-refractivity contribution in [3.8, 4) is 11.1 Å². The van der Waals surface area contributed by atoms with Crippen molar-refractivity contribution in [1.82, 2.24) is 0 Å². The highest BCUT2D eigenvalue weighted by Gasteiger charge is 2.50. The summed E-state index contributed by atoms with van der Waals surface area (Å²) in [4.78, 5) is 7.67. The molecule has 10 aromatic rings. The number of nitrogens with zero attached hydrogens (tertiary/aromatic N) is 3. The zero-order chi connectivity index (χ0) is 53.9. The third-order valence-electron chi connectivity index (χ3n) is 17.7. The molecule has 0 radical (unpaired) electrons. The summed E-state index contributed by atoms with van der Waals surface area (Å²) in [7, 11) is 0. The number of fused-ring (bicyclic) bond motifs is 11. The topological polar surface area (TPSA) is 36.0 Å². The summed E-state index contributed by atoms with van der Waals surface area (Å²) in [6.07, 6.45) is 2.27. The Morgan fingerprint density at radius 1 is 0.494 bits per heavy atom. The Hall–Kier alpha value is -7.44. The molecule has 2 aromatic heterocycles. The minimum Gasteiger partial charge on any atom is -0.466 e. The first-order valence-electron chi connectivity index (χ1n) is 28.0. The molecule has 3 aliphatic rings. The fourth-order valence-corrected chi connectivity index (χ4v) is 13.1. The minimum atomic E-state index is -0.338. The lowest BCUT2D eigenvalue weighted by Gasteiger charge is -2.46. The maximum Gasteiger partial charge on any atom is 0.375 e. The van der Waals surface area contributed by atoms with Gasteiger partial charge in [-0.2, -0.15) is 0 Å². The molecule has 386 valence electrons. The Morgan fingerprint density at radius 3 is 1.58 bits per heavy atom. The van der Waals surface area contributed by atoms with Crippen molar-refractivity contribution >= 4 is 96.4 Å². The van der Waals surface area contributed by atoms with Crippen LogP contribution in [0.3, 0.4) is 0 Å². The Morgan fingerprint density at radius 2 is 1.01 bits per heavy atom. The smallest absolute Gasteiger partial charge is 0.375 e. The van der Waals surface area contributed by atoms with Crippen molar-refractivity contribution in [3.05, 3.63) is 191 Å². The Balaban J connectivity index is 1.20. The summed E-state index contributed by atoms with van der Waals surface area (Å²) < 4.78 is 14.3. The lowest BCUT2D eigenvalue weighted by atomic mass is 9.45. The lowest BCUT2D eigenvalue weighted by Crippen LogP contribution is -2.61. The first-order valence-corrected chi connectivity index (χ1v) is 28.0. The van der Waals surface area contributed by atoms with Crippen LogP contribution in [-0.2, 0) is 27.1 Å². The fraction of sp³-hybridized carbons (Fsp3) is 0.296. The van der Waals surface area contributed by atoms with Gasteiger partial charge in [0.2, 0.25) is 0 Å². The van der Waals surface area contributed by atoms with E-state index in [1.807, 2.05) is 0 Å². The van der Waals surface area contributed by atoms with E-state index < -0.39 is 0 Å². The molecule has 77 heavy (non-hydrogen) atoms. The molecule has 0 saturated heterocycles. The van der Waals surface area contributed by atoms with Gasteiger partial charge in [-0.1, -0.05) is 163 Å². The Bertz CT molecular complexity index is 3940. The van der Waals surface area contributed by atoms with Gasteiger partial charge in [0.25, 0.3) is 0 Å². The summed E-state index contributed by atoms with van der Waals surface area (Å²) in [6, 6.07) is 59.7. The molecule has 13 rings (SSSR count). The van der Waals surface area contributed by atoms with Crippen LogP contribution in [0.2, 0.25) is 0 Å². The fourth-order valence-electron chi connectivity index (χ4n) is 13.1. The van der Waals surface area contributed by atoms with Crippen LogP contribution in [0.15, 0.2) is 167 Å². The minimum absolute atomic E-state index is 0.00773. The molecule has 0 spiro atoms. The molecular formula is C71H72BN3O2. The average Bonchev–Trinajstić information content (AvgIpc) is 3.87. The molecule has 0 fully saturated rings. The highest BCUT2D eigenvalue weighted by atomic mass is 16.3. The number of rotatable bonds is 5. The number of aryl methyl sites for hydroxylation is 1. The SMILES string of the molecule is Cc1cc2c(cc1N1c3cc(N(c4ccc(C(C)(C)C)cc4)c4ccc(C(C)(C)C)cc4)cc4c3B(c3oc5ccccc5c31)N(c1ccc(C(C)(C)C)cc1)c1ccc3oc5ccccc5c3c1-4)C(C)(C)CCC2(C)C. The van der Waals surface area contributed by atoms with Gasteiger partial charge < -0.3 is 23.4 Å². The maximum atomic E-state index is 7.49. The van der Waals surface area contributed by atoms with Crippen molar-refractivity contribution in [1.29, 1.82) is 0 Å². The molecule has 8 aromatic carbocycles. The molecule has 0 atom stereocenters. The van der Waals surface area contributed by atoms with E-state index in [0.717, 1.165) is 102 Å². The van der Waals surface area contributed by atoms with E-state index in [1.165, 1.54) is 44.5 Å². The Kier molecular flexibility index (Phi) is 10.7. The van der Waals surface area contributed by atoms with Gasteiger partial charge in [0.15, 0.2) is 0 Å². The van der Waals surface area contributed by atoms with E-state index in [0.29, 0.717) is 0 Å². The molecule has 2 aliphatic heterocycles. The third kappa shape index (κ3) is 7.71. The average molecular weight is 1010 g/mol. The van der Waals surface area contributed by atoms with E-state index >= 15 is 0 Å². The second kappa shape index (κ2) is 16.8. The molecule has 0 N–H and O–H groups in total. The highest BCUT2D eigenvalue weighted by Crippen LogP contribution is 2.56. The van der Waals surface area contributed by atoms with Crippen molar-refractivity contribution in [2.24, 2.45) is 0 Å². The molecule has 0 unspecified atom stereocenters. The molecule has 5 nitrogen and oxygen atoms in total. The predicted molar refractivity (Wildman–Crippen MR) is 328 cm³/mol. The zero-order valence-electron chi connectivity index (χ0n) is 47.7. The molecule has 4 heterocycles. The number of hydrogen-bond donors (Lipinski definition) is 0. The molecule has 0 saturated carbocycles. The van der Waals surface area contributed by atoms with Gasteiger partial charge in [-0.05, 0) is 176 Å². The first kappa shape index (κ1) is 49.2. The second-order valence-corrected chi connectivity index (χ2v) is 27.0. The number of hydrogen-bond acceptors (Lipinski definition) is 5. The van der Waals surface area contributed by atoms with Crippen LogP contribution in [-0.4, -0.2) is 6.85 Å². The van der Waals surface area contributed by atoms with Gasteiger partial charge >= 0.3 is 6.85 Å². The van der Waals surface area contributed by atoms with Gasteiger partial charge in [-0.3, -0.25) is 0 Å². The maximum absolute atomic E-state index is 7.49. The third-order valence-corrected chi connectivity index (χ3v) is 17.7. The van der Waals surface area contributed by atoms with E-state index in [-0.39, 0.29) is 33.9 Å². The van der Waals surface area contributed by atoms with Gasteiger partial charge in [-0.15, -0.1) is 0 Å². The van der Waals surface area contributed by atoms with Crippen LogP contribution >= 0.6 is 0 Å². The number of para-hydroxylation sites is 2. The molecule has 1 aliphatic carbocycles. The number of furan rings is 2. The summed E-state index contributed by atoms with van der Waals surface area (Å²) in [5.41, 5.74) is 23.9.